The van der Waals surface area contributed by atoms with Gasteiger partial charge in [0.2, 0.25) is 5.88 Å². The highest BCUT2D eigenvalue weighted by atomic mass is 32.2. The van der Waals surface area contributed by atoms with Crippen molar-refractivity contribution in [1.82, 2.24) is 9.97 Å². The molecule has 7 nitrogen and oxygen atoms in total. The number of anilines is 2. The van der Waals surface area contributed by atoms with Gasteiger partial charge in [0.05, 0.1) is 23.9 Å². The second-order valence-corrected chi connectivity index (χ2v) is 5.50. The molecule has 0 aliphatic carbocycles. The predicted molar refractivity (Wildman–Crippen MR) is 75.4 cm³/mol. The maximum atomic E-state index is 12.2. The third kappa shape index (κ3) is 3.15. The first-order chi connectivity index (χ1) is 9.55. The van der Waals surface area contributed by atoms with Crippen LogP contribution in [0.2, 0.25) is 0 Å². The summed E-state index contributed by atoms with van der Waals surface area (Å²) in [6.07, 6.45) is 2.81. The van der Waals surface area contributed by atoms with Gasteiger partial charge in [-0.3, -0.25) is 4.72 Å². The third-order valence-corrected chi connectivity index (χ3v) is 3.87. The van der Waals surface area contributed by atoms with E-state index in [0.717, 1.165) is 0 Å². The minimum absolute atomic E-state index is 0.118. The molecule has 0 saturated carbocycles. The minimum atomic E-state index is -3.68. The summed E-state index contributed by atoms with van der Waals surface area (Å²) in [6, 6.07) is 6.01. The Kier molecular flexibility index (Phi) is 4.04. The van der Waals surface area contributed by atoms with Crippen LogP contribution < -0.4 is 14.8 Å². The van der Waals surface area contributed by atoms with Gasteiger partial charge in [-0.25, -0.2) is 18.4 Å². The first-order valence-corrected chi connectivity index (χ1v) is 7.20. The van der Waals surface area contributed by atoms with Gasteiger partial charge >= 0.3 is 0 Å². The maximum absolute atomic E-state index is 12.2. The summed E-state index contributed by atoms with van der Waals surface area (Å²) in [6.45, 7) is 0. The molecule has 0 bridgehead atoms. The number of rotatable bonds is 5. The van der Waals surface area contributed by atoms with Crippen molar-refractivity contribution in [2.75, 3.05) is 24.2 Å². The van der Waals surface area contributed by atoms with Gasteiger partial charge in [0.25, 0.3) is 10.0 Å². The predicted octanol–water partition coefficient (Wildman–Crippen LogP) is 1.33. The Labute approximate surface area is 117 Å². The molecule has 8 heteroatoms. The van der Waals surface area contributed by atoms with Gasteiger partial charge in [-0.05, 0) is 12.1 Å². The zero-order valence-corrected chi connectivity index (χ0v) is 11.8. The van der Waals surface area contributed by atoms with Gasteiger partial charge < -0.3 is 10.1 Å². The first-order valence-electron chi connectivity index (χ1n) is 5.72. The van der Waals surface area contributed by atoms with Crippen molar-refractivity contribution in [2.24, 2.45) is 0 Å². The molecule has 0 spiro atoms. The van der Waals surface area contributed by atoms with Gasteiger partial charge in [-0.2, -0.15) is 0 Å². The zero-order chi connectivity index (χ0) is 14.6. The smallest absolute Gasteiger partial charge is 0.262 e. The van der Waals surface area contributed by atoms with Crippen molar-refractivity contribution in [2.45, 2.75) is 4.90 Å². The molecule has 2 rings (SSSR count). The number of methoxy groups -OCH3 is 1. The molecule has 2 heterocycles. The van der Waals surface area contributed by atoms with E-state index in [1.54, 1.807) is 19.2 Å². The fourth-order valence-corrected chi connectivity index (χ4v) is 2.55. The van der Waals surface area contributed by atoms with Crippen molar-refractivity contribution in [1.29, 1.82) is 0 Å². The lowest BCUT2D eigenvalue weighted by Gasteiger charge is -2.09. The lowest BCUT2D eigenvalue weighted by molar-refractivity contribution is 0.398. The average Bonchev–Trinajstić information content (AvgIpc) is 2.48. The van der Waals surface area contributed by atoms with E-state index in [1.807, 2.05) is 0 Å². The molecule has 2 N–H and O–H groups in total. The van der Waals surface area contributed by atoms with E-state index < -0.39 is 10.0 Å². The van der Waals surface area contributed by atoms with Crippen LogP contribution in [0.1, 0.15) is 0 Å². The fourth-order valence-electron chi connectivity index (χ4n) is 1.49. The molecule has 0 aliphatic rings. The van der Waals surface area contributed by atoms with E-state index in [9.17, 15) is 8.42 Å². The van der Waals surface area contributed by atoms with Crippen LogP contribution in [0.4, 0.5) is 11.5 Å². The normalized spacial score (nSPS) is 10.9. The minimum Gasteiger partial charge on any atom is -0.481 e. The topological polar surface area (TPSA) is 93.2 Å². The molecule has 0 aliphatic heterocycles. The molecule has 0 atom stereocenters. The molecule has 0 amide bonds. The lowest BCUT2D eigenvalue weighted by Crippen LogP contribution is -2.13. The Morgan fingerprint density at radius 1 is 1.20 bits per heavy atom. The van der Waals surface area contributed by atoms with E-state index in [4.69, 9.17) is 4.74 Å². The van der Waals surface area contributed by atoms with Crippen molar-refractivity contribution in [3.63, 3.8) is 0 Å². The van der Waals surface area contributed by atoms with Crippen LogP contribution in [-0.2, 0) is 10.0 Å². The average molecular weight is 294 g/mol. The SMILES string of the molecule is CNc1cc(S(=O)(=O)Nc2ccc(OC)nc2)ccn1. The molecular weight excluding hydrogens is 280 g/mol. The zero-order valence-electron chi connectivity index (χ0n) is 11.0. The number of hydrogen-bond acceptors (Lipinski definition) is 6. The fraction of sp³-hybridized carbons (Fsp3) is 0.167. The van der Waals surface area contributed by atoms with Crippen LogP contribution in [0.15, 0.2) is 41.6 Å². The van der Waals surface area contributed by atoms with E-state index in [2.05, 4.69) is 20.0 Å². The number of pyridine rings is 2. The summed E-state index contributed by atoms with van der Waals surface area (Å²) in [7, 11) is -0.522. The Morgan fingerprint density at radius 3 is 2.60 bits per heavy atom. The summed E-state index contributed by atoms with van der Waals surface area (Å²) in [4.78, 5) is 8.02. The number of hydrogen-bond donors (Lipinski definition) is 2. The van der Waals surface area contributed by atoms with Crippen LogP contribution in [0.25, 0.3) is 0 Å². The second-order valence-electron chi connectivity index (χ2n) is 3.82. The molecule has 0 aromatic carbocycles. The van der Waals surface area contributed by atoms with Crippen molar-refractivity contribution < 1.29 is 13.2 Å². The monoisotopic (exact) mass is 294 g/mol. The molecular formula is C12H14N4O3S. The number of nitrogens with one attached hydrogen (secondary N) is 2. The second kappa shape index (κ2) is 5.74. The number of sulfonamides is 1. The van der Waals surface area contributed by atoms with E-state index in [1.165, 1.54) is 31.6 Å². The molecule has 0 radical (unpaired) electrons. The van der Waals surface area contributed by atoms with E-state index in [0.29, 0.717) is 17.4 Å². The highest BCUT2D eigenvalue weighted by Crippen LogP contribution is 2.18. The molecule has 0 unspecified atom stereocenters. The summed E-state index contributed by atoms with van der Waals surface area (Å²) < 4.78 is 31.7. The van der Waals surface area contributed by atoms with Crippen molar-refractivity contribution >= 4 is 21.5 Å². The Morgan fingerprint density at radius 2 is 2.00 bits per heavy atom. The van der Waals surface area contributed by atoms with Gasteiger partial charge in [-0.1, -0.05) is 0 Å². The van der Waals surface area contributed by atoms with Crippen LogP contribution >= 0.6 is 0 Å². The first kappa shape index (κ1) is 14.1. The number of ether oxygens (including phenoxy) is 1. The molecule has 0 fully saturated rings. The van der Waals surface area contributed by atoms with Crippen LogP contribution in [0, 0.1) is 0 Å². The molecule has 2 aromatic rings. The Hall–Kier alpha value is -2.35. The van der Waals surface area contributed by atoms with Gasteiger partial charge in [0.1, 0.15) is 5.82 Å². The van der Waals surface area contributed by atoms with Gasteiger partial charge in [-0.15, -0.1) is 0 Å². The molecule has 2 aromatic heterocycles. The summed E-state index contributed by atoms with van der Waals surface area (Å²) in [5.41, 5.74) is 0.355. The highest BCUT2D eigenvalue weighted by molar-refractivity contribution is 7.92. The van der Waals surface area contributed by atoms with Crippen LogP contribution in [0.5, 0.6) is 5.88 Å². The number of nitrogens with zero attached hydrogens (tertiary/aromatic N) is 2. The van der Waals surface area contributed by atoms with Crippen molar-refractivity contribution in [3.8, 4) is 5.88 Å². The van der Waals surface area contributed by atoms with Crippen LogP contribution in [-0.4, -0.2) is 32.5 Å². The standard InChI is InChI=1S/C12H14N4O3S/c1-13-11-7-10(5-6-14-11)20(17,18)16-9-3-4-12(19-2)15-8-9/h3-8,16H,1-2H3,(H,13,14). The third-order valence-electron chi connectivity index (χ3n) is 2.50. The quantitative estimate of drug-likeness (QED) is 0.864. The molecule has 0 saturated heterocycles. The van der Waals surface area contributed by atoms with Crippen LogP contribution in [0.3, 0.4) is 0 Å². The molecule has 106 valence electrons. The summed E-state index contributed by atoms with van der Waals surface area (Å²) in [5.74, 6) is 0.884. The largest absolute Gasteiger partial charge is 0.481 e. The van der Waals surface area contributed by atoms with E-state index in [-0.39, 0.29) is 4.90 Å². The maximum Gasteiger partial charge on any atom is 0.262 e. The Bertz CT molecular complexity index is 686. The highest BCUT2D eigenvalue weighted by Gasteiger charge is 2.15. The van der Waals surface area contributed by atoms with Gasteiger partial charge in [0.15, 0.2) is 0 Å². The lowest BCUT2D eigenvalue weighted by atomic mass is 10.4. The summed E-state index contributed by atoms with van der Waals surface area (Å²) >= 11 is 0. The van der Waals surface area contributed by atoms with Crippen molar-refractivity contribution in [3.05, 3.63) is 36.7 Å². The van der Waals surface area contributed by atoms with Gasteiger partial charge in [0, 0.05) is 25.4 Å². The summed E-state index contributed by atoms with van der Waals surface area (Å²) in [5, 5.41) is 2.79. The Balaban J connectivity index is 2.25. The molecule has 20 heavy (non-hydrogen) atoms. The number of aromatic nitrogens is 2. The van der Waals surface area contributed by atoms with E-state index >= 15 is 0 Å².